The molecule has 0 aliphatic carbocycles. The van der Waals surface area contributed by atoms with Crippen LogP contribution < -0.4 is 9.62 Å². The number of hydrogen-bond acceptors (Lipinski definition) is 4. The Bertz CT molecular complexity index is 1600. The molecule has 2 amide bonds. The van der Waals surface area contributed by atoms with E-state index in [1.54, 1.807) is 42.5 Å². The highest BCUT2D eigenvalue weighted by Crippen LogP contribution is 2.26. The first-order valence-electron chi connectivity index (χ1n) is 14.2. The third-order valence-corrected chi connectivity index (χ3v) is 9.34. The molecule has 9 heteroatoms. The van der Waals surface area contributed by atoms with E-state index >= 15 is 0 Å². The Morgan fingerprint density at radius 1 is 0.814 bits per heavy atom. The van der Waals surface area contributed by atoms with Gasteiger partial charge in [-0.1, -0.05) is 101 Å². The first-order chi connectivity index (χ1) is 20.7. The second-order valence-electron chi connectivity index (χ2n) is 10.3. The third kappa shape index (κ3) is 8.55. The van der Waals surface area contributed by atoms with E-state index in [4.69, 9.17) is 0 Å². The summed E-state index contributed by atoms with van der Waals surface area (Å²) in [5.74, 6) is -0.775. The number of hydrogen-bond donors (Lipinski definition) is 1. The van der Waals surface area contributed by atoms with E-state index in [0.717, 1.165) is 31.9 Å². The Morgan fingerprint density at radius 3 is 2.02 bits per heavy atom. The van der Waals surface area contributed by atoms with E-state index in [1.165, 1.54) is 17.0 Å². The number of aryl methyl sites for hydroxylation is 1. The van der Waals surface area contributed by atoms with Crippen LogP contribution in [0.15, 0.2) is 119 Å². The van der Waals surface area contributed by atoms with Gasteiger partial charge in [0.25, 0.3) is 10.0 Å². The number of carbonyl (C=O) groups is 2. The van der Waals surface area contributed by atoms with Gasteiger partial charge in [0.05, 0.1) is 10.6 Å². The Kier molecular flexibility index (Phi) is 11.1. The van der Waals surface area contributed by atoms with Gasteiger partial charge in [-0.2, -0.15) is 0 Å². The molecule has 1 N–H and O–H groups in total. The molecule has 4 aromatic rings. The largest absolute Gasteiger partial charge is 0.354 e. The van der Waals surface area contributed by atoms with Crippen LogP contribution in [0.3, 0.4) is 0 Å². The Labute approximate surface area is 262 Å². The monoisotopic (exact) mass is 661 g/mol. The highest BCUT2D eigenvalue weighted by atomic mass is 79.9. The first kappa shape index (κ1) is 32.0. The second-order valence-corrected chi connectivity index (χ2v) is 13.1. The van der Waals surface area contributed by atoms with Crippen LogP contribution in [0.1, 0.15) is 30.0 Å². The summed E-state index contributed by atoms with van der Waals surface area (Å²) in [6, 6.07) is 31.2. The average Bonchev–Trinajstić information content (AvgIpc) is 3.02. The average molecular weight is 663 g/mol. The van der Waals surface area contributed by atoms with Gasteiger partial charge in [0.1, 0.15) is 12.6 Å². The van der Waals surface area contributed by atoms with Crippen molar-refractivity contribution in [3.63, 3.8) is 0 Å². The highest BCUT2D eigenvalue weighted by molar-refractivity contribution is 9.10. The van der Waals surface area contributed by atoms with Crippen LogP contribution in [0.25, 0.3) is 0 Å². The molecule has 7 nitrogen and oxygen atoms in total. The molecular formula is C34H36BrN3O4S. The van der Waals surface area contributed by atoms with Crippen molar-refractivity contribution in [2.24, 2.45) is 0 Å². The molecule has 0 fully saturated rings. The predicted octanol–water partition coefficient (Wildman–Crippen LogP) is 6.12. The molecule has 0 aromatic heterocycles. The summed E-state index contributed by atoms with van der Waals surface area (Å²) >= 11 is 3.41. The van der Waals surface area contributed by atoms with Crippen molar-refractivity contribution in [3.05, 3.63) is 130 Å². The van der Waals surface area contributed by atoms with Gasteiger partial charge in [-0.15, -0.1) is 0 Å². The molecule has 0 heterocycles. The molecular weight excluding hydrogens is 626 g/mol. The lowest BCUT2D eigenvalue weighted by Gasteiger charge is -2.34. The molecule has 43 heavy (non-hydrogen) atoms. The Morgan fingerprint density at radius 2 is 1.42 bits per heavy atom. The van der Waals surface area contributed by atoms with E-state index in [0.29, 0.717) is 12.2 Å². The normalized spacial score (nSPS) is 11.9. The molecule has 4 rings (SSSR count). The number of benzene rings is 4. The number of amides is 2. The molecule has 0 unspecified atom stereocenters. The zero-order valence-corrected chi connectivity index (χ0v) is 26.7. The summed E-state index contributed by atoms with van der Waals surface area (Å²) in [7, 11) is -4.12. The van der Waals surface area contributed by atoms with Crippen molar-refractivity contribution in [1.29, 1.82) is 0 Å². The molecule has 0 saturated heterocycles. The van der Waals surface area contributed by atoms with Gasteiger partial charge in [0.2, 0.25) is 11.8 Å². The topological polar surface area (TPSA) is 86.8 Å². The molecule has 224 valence electrons. The second kappa shape index (κ2) is 15.0. The molecule has 0 radical (unpaired) electrons. The SMILES string of the molecule is CCCNC(=O)[C@@H](Cc1ccccc1)N(Cc1ccc(C)cc1)C(=O)CN(c1ccc(Br)cc1)S(=O)(=O)c1ccccc1. The summed E-state index contributed by atoms with van der Waals surface area (Å²) in [6.07, 6.45) is 1.01. The van der Waals surface area contributed by atoms with Crippen molar-refractivity contribution in [3.8, 4) is 0 Å². The minimum Gasteiger partial charge on any atom is -0.354 e. The fourth-order valence-corrected chi connectivity index (χ4v) is 6.37. The van der Waals surface area contributed by atoms with Gasteiger partial charge < -0.3 is 10.2 Å². The molecule has 0 bridgehead atoms. The van der Waals surface area contributed by atoms with Gasteiger partial charge in [0, 0.05) is 24.0 Å². The Balaban J connectivity index is 1.78. The van der Waals surface area contributed by atoms with Crippen molar-refractivity contribution in [2.75, 3.05) is 17.4 Å². The minimum atomic E-state index is -4.12. The van der Waals surface area contributed by atoms with Crippen LogP contribution in [0.2, 0.25) is 0 Å². The summed E-state index contributed by atoms with van der Waals surface area (Å²) in [4.78, 5) is 29.6. The molecule has 0 saturated carbocycles. The Hall–Kier alpha value is -3.95. The van der Waals surface area contributed by atoms with Crippen molar-refractivity contribution < 1.29 is 18.0 Å². The van der Waals surface area contributed by atoms with E-state index in [9.17, 15) is 18.0 Å². The maximum absolute atomic E-state index is 14.4. The summed E-state index contributed by atoms with van der Waals surface area (Å²) in [5, 5.41) is 2.96. The number of nitrogens with zero attached hydrogens (tertiary/aromatic N) is 2. The molecule has 0 aliphatic rings. The van der Waals surface area contributed by atoms with Gasteiger partial charge in [0.15, 0.2) is 0 Å². The van der Waals surface area contributed by atoms with Gasteiger partial charge in [-0.05, 0) is 60.9 Å². The number of halogens is 1. The van der Waals surface area contributed by atoms with Crippen LogP contribution >= 0.6 is 15.9 Å². The van der Waals surface area contributed by atoms with E-state index in [2.05, 4.69) is 21.2 Å². The summed E-state index contributed by atoms with van der Waals surface area (Å²) < 4.78 is 29.8. The van der Waals surface area contributed by atoms with E-state index < -0.39 is 28.5 Å². The van der Waals surface area contributed by atoms with Crippen LogP contribution in [-0.4, -0.2) is 44.3 Å². The number of anilines is 1. The van der Waals surface area contributed by atoms with Gasteiger partial charge in [-0.3, -0.25) is 13.9 Å². The standard InChI is InChI=1S/C34H36BrN3O4S/c1-3-22-36-34(40)32(23-27-10-6-4-7-11-27)37(24-28-16-14-26(2)15-17-28)33(39)25-38(30-20-18-29(35)19-21-30)43(41,42)31-12-8-5-9-13-31/h4-21,32H,3,22-25H2,1-2H3,(H,36,40)/t32-/m1/s1. The van der Waals surface area contributed by atoms with Crippen LogP contribution in [0.5, 0.6) is 0 Å². The number of sulfonamides is 1. The molecule has 0 spiro atoms. The zero-order chi connectivity index (χ0) is 30.8. The number of nitrogens with one attached hydrogen (secondary N) is 1. The van der Waals surface area contributed by atoms with Gasteiger partial charge in [-0.25, -0.2) is 8.42 Å². The van der Waals surface area contributed by atoms with Crippen LogP contribution in [0, 0.1) is 6.92 Å². The quantitative estimate of drug-likeness (QED) is 0.187. The van der Waals surface area contributed by atoms with Crippen molar-refractivity contribution in [1.82, 2.24) is 10.2 Å². The minimum absolute atomic E-state index is 0.0670. The summed E-state index contributed by atoms with van der Waals surface area (Å²) in [6.45, 7) is 4.05. The summed E-state index contributed by atoms with van der Waals surface area (Å²) in [5.41, 5.74) is 3.13. The van der Waals surface area contributed by atoms with Crippen LogP contribution in [0.4, 0.5) is 5.69 Å². The zero-order valence-electron chi connectivity index (χ0n) is 24.3. The number of rotatable bonds is 13. The smallest absolute Gasteiger partial charge is 0.264 e. The fraction of sp³-hybridized carbons (Fsp3) is 0.235. The third-order valence-electron chi connectivity index (χ3n) is 7.02. The molecule has 0 aliphatic heterocycles. The first-order valence-corrected chi connectivity index (χ1v) is 16.4. The maximum atomic E-state index is 14.4. The van der Waals surface area contributed by atoms with Crippen molar-refractivity contribution >= 4 is 43.5 Å². The number of carbonyl (C=O) groups excluding carboxylic acids is 2. The van der Waals surface area contributed by atoms with E-state index in [1.807, 2.05) is 68.4 Å². The maximum Gasteiger partial charge on any atom is 0.264 e. The van der Waals surface area contributed by atoms with Crippen molar-refractivity contribution in [2.45, 2.75) is 44.2 Å². The molecule has 1 atom stereocenters. The highest BCUT2D eigenvalue weighted by Gasteiger charge is 2.34. The van der Waals surface area contributed by atoms with Gasteiger partial charge >= 0.3 is 0 Å². The predicted molar refractivity (Wildman–Crippen MR) is 174 cm³/mol. The van der Waals surface area contributed by atoms with E-state index in [-0.39, 0.29) is 23.8 Å². The van der Waals surface area contributed by atoms with Crippen LogP contribution in [-0.2, 0) is 32.6 Å². The fourth-order valence-electron chi connectivity index (χ4n) is 4.67. The lowest BCUT2D eigenvalue weighted by Crippen LogP contribution is -2.53. The molecule has 4 aromatic carbocycles. The lowest BCUT2D eigenvalue weighted by molar-refractivity contribution is -0.140. The lowest BCUT2D eigenvalue weighted by atomic mass is 10.0.